The molecule has 0 heterocycles. The average molecular weight is 163 g/mol. The van der Waals surface area contributed by atoms with E-state index in [1.54, 1.807) is 13.8 Å². The molecule has 3 heteroatoms. The molecular formula is C7H11ClO2. The Morgan fingerprint density at radius 1 is 1.70 bits per heavy atom. The number of halogens is 1. The summed E-state index contributed by atoms with van der Waals surface area (Å²) in [6, 6.07) is 0. The molecule has 58 valence electrons. The SMILES string of the molecule is C=C(Cl)CC(C)(C)C(=O)O. The second-order valence-electron chi connectivity index (χ2n) is 2.88. The predicted octanol–water partition coefficient (Wildman–Crippen LogP) is 2.24. The van der Waals surface area contributed by atoms with Gasteiger partial charge >= 0.3 is 5.97 Å². The van der Waals surface area contributed by atoms with Crippen LogP contribution >= 0.6 is 11.6 Å². The number of carboxylic acids is 1. The fourth-order valence-corrected chi connectivity index (χ4v) is 0.889. The van der Waals surface area contributed by atoms with Gasteiger partial charge in [-0.15, -0.1) is 0 Å². The number of carbonyl (C=O) groups is 1. The van der Waals surface area contributed by atoms with Crippen LogP contribution in [0.4, 0.5) is 0 Å². The summed E-state index contributed by atoms with van der Waals surface area (Å²) >= 11 is 5.45. The molecule has 0 bridgehead atoms. The zero-order valence-electron chi connectivity index (χ0n) is 6.15. The summed E-state index contributed by atoms with van der Waals surface area (Å²) in [5.41, 5.74) is -0.793. The van der Waals surface area contributed by atoms with E-state index < -0.39 is 11.4 Å². The van der Waals surface area contributed by atoms with Crippen LogP contribution in [0.1, 0.15) is 20.3 Å². The van der Waals surface area contributed by atoms with Crippen molar-refractivity contribution in [3.05, 3.63) is 11.6 Å². The molecule has 2 nitrogen and oxygen atoms in total. The molecule has 0 atom stereocenters. The van der Waals surface area contributed by atoms with Crippen LogP contribution in [-0.4, -0.2) is 11.1 Å². The minimum Gasteiger partial charge on any atom is -0.481 e. The third-order valence-electron chi connectivity index (χ3n) is 1.21. The van der Waals surface area contributed by atoms with Crippen molar-refractivity contribution >= 4 is 17.6 Å². The van der Waals surface area contributed by atoms with Crippen LogP contribution in [0.15, 0.2) is 11.6 Å². The molecule has 0 saturated heterocycles. The number of hydrogen-bond donors (Lipinski definition) is 1. The van der Waals surface area contributed by atoms with Crippen LogP contribution in [0, 0.1) is 5.41 Å². The van der Waals surface area contributed by atoms with Crippen molar-refractivity contribution in [3.63, 3.8) is 0 Å². The Kier molecular flexibility index (Phi) is 2.91. The summed E-state index contributed by atoms with van der Waals surface area (Å²) in [7, 11) is 0. The van der Waals surface area contributed by atoms with E-state index >= 15 is 0 Å². The maximum Gasteiger partial charge on any atom is 0.309 e. The predicted molar refractivity (Wildman–Crippen MR) is 41.0 cm³/mol. The summed E-state index contributed by atoms with van der Waals surface area (Å²) in [5, 5.41) is 8.97. The lowest BCUT2D eigenvalue weighted by Gasteiger charge is -2.17. The second-order valence-corrected chi connectivity index (χ2v) is 3.42. The number of allylic oxidation sites excluding steroid dienone is 1. The number of hydrogen-bond acceptors (Lipinski definition) is 1. The van der Waals surface area contributed by atoms with E-state index in [0.29, 0.717) is 11.5 Å². The van der Waals surface area contributed by atoms with Crippen LogP contribution in [0.25, 0.3) is 0 Å². The zero-order chi connectivity index (χ0) is 8.36. The van der Waals surface area contributed by atoms with Crippen LogP contribution in [-0.2, 0) is 4.79 Å². The molecule has 0 aliphatic heterocycles. The molecule has 0 fully saturated rings. The first-order valence-corrected chi connectivity index (χ1v) is 3.31. The topological polar surface area (TPSA) is 37.3 Å². The van der Waals surface area contributed by atoms with Crippen LogP contribution < -0.4 is 0 Å². The van der Waals surface area contributed by atoms with Gasteiger partial charge in [0.25, 0.3) is 0 Å². The first-order valence-electron chi connectivity index (χ1n) is 2.93. The maximum atomic E-state index is 10.5. The molecule has 10 heavy (non-hydrogen) atoms. The lowest BCUT2D eigenvalue weighted by molar-refractivity contribution is -0.146. The normalized spacial score (nSPS) is 11.1. The van der Waals surface area contributed by atoms with Crippen molar-refractivity contribution in [2.75, 3.05) is 0 Å². The first kappa shape index (κ1) is 9.50. The third kappa shape index (κ3) is 2.87. The van der Waals surface area contributed by atoms with Crippen LogP contribution in [0.5, 0.6) is 0 Å². The molecule has 0 spiro atoms. The molecule has 1 N–H and O–H groups in total. The largest absolute Gasteiger partial charge is 0.481 e. The standard InChI is InChI=1S/C7H11ClO2/c1-5(8)4-7(2,3)6(9)10/h1,4H2,2-3H3,(H,9,10). The zero-order valence-corrected chi connectivity index (χ0v) is 6.90. The summed E-state index contributed by atoms with van der Waals surface area (Å²) in [6.07, 6.45) is 0.309. The Hall–Kier alpha value is -0.500. The van der Waals surface area contributed by atoms with Gasteiger partial charge in [0.15, 0.2) is 0 Å². The summed E-state index contributed by atoms with van der Waals surface area (Å²) in [4.78, 5) is 10.5. The van der Waals surface area contributed by atoms with Crippen molar-refractivity contribution in [2.45, 2.75) is 20.3 Å². The molecule has 0 aliphatic rings. The highest BCUT2D eigenvalue weighted by atomic mass is 35.5. The van der Waals surface area contributed by atoms with E-state index in [-0.39, 0.29) is 0 Å². The minimum atomic E-state index is -0.852. The first-order chi connectivity index (χ1) is 4.36. The van der Waals surface area contributed by atoms with Gasteiger partial charge in [-0.25, -0.2) is 0 Å². The van der Waals surface area contributed by atoms with Gasteiger partial charge in [0.1, 0.15) is 0 Å². The Labute approximate surface area is 65.5 Å². The lowest BCUT2D eigenvalue weighted by Crippen LogP contribution is -2.23. The molecule has 0 aromatic rings. The molecule has 0 saturated carbocycles. The van der Waals surface area contributed by atoms with Crippen molar-refractivity contribution in [1.82, 2.24) is 0 Å². The highest BCUT2D eigenvalue weighted by Crippen LogP contribution is 2.25. The smallest absolute Gasteiger partial charge is 0.309 e. The van der Waals surface area contributed by atoms with Gasteiger partial charge in [-0.2, -0.15) is 0 Å². The Morgan fingerprint density at radius 3 is 2.20 bits per heavy atom. The monoisotopic (exact) mass is 162 g/mol. The quantitative estimate of drug-likeness (QED) is 0.691. The number of aliphatic carboxylic acids is 1. The molecule has 0 aromatic carbocycles. The van der Waals surface area contributed by atoms with Crippen molar-refractivity contribution in [2.24, 2.45) is 5.41 Å². The van der Waals surface area contributed by atoms with Crippen molar-refractivity contribution < 1.29 is 9.90 Å². The molecule has 0 amide bonds. The van der Waals surface area contributed by atoms with E-state index in [0.717, 1.165) is 0 Å². The van der Waals surface area contributed by atoms with E-state index in [1.807, 2.05) is 0 Å². The highest BCUT2D eigenvalue weighted by molar-refractivity contribution is 6.29. The van der Waals surface area contributed by atoms with Crippen molar-refractivity contribution in [1.29, 1.82) is 0 Å². The average Bonchev–Trinajstić information content (AvgIpc) is 1.60. The molecule has 0 aliphatic carbocycles. The third-order valence-corrected chi connectivity index (χ3v) is 1.35. The van der Waals surface area contributed by atoms with Crippen LogP contribution in [0.3, 0.4) is 0 Å². The molecular weight excluding hydrogens is 152 g/mol. The highest BCUT2D eigenvalue weighted by Gasteiger charge is 2.27. The van der Waals surface area contributed by atoms with Crippen LogP contribution in [0.2, 0.25) is 0 Å². The van der Waals surface area contributed by atoms with Gasteiger partial charge in [-0.05, 0) is 20.3 Å². The molecule has 0 radical (unpaired) electrons. The molecule has 0 aromatic heterocycles. The summed E-state index contributed by atoms with van der Waals surface area (Å²) in [5.74, 6) is -0.852. The van der Waals surface area contributed by atoms with Gasteiger partial charge < -0.3 is 5.11 Å². The Morgan fingerprint density at radius 2 is 2.10 bits per heavy atom. The van der Waals surface area contributed by atoms with E-state index in [2.05, 4.69) is 6.58 Å². The van der Waals surface area contributed by atoms with E-state index in [9.17, 15) is 4.79 Å². The van der Waals surface area contributed by atoms with Gasteiger partial charge in [0.2, 0.25) is 0 Å². The number of carboxylic acid groups (broad SMARTS) is 1. The van der Waals surface area contributed by atoms with Gasteiger partial charge in [-0.3, -0.25) is 4.79 Å². The maximum absolute atomic E-state index is 10.5. The molecule has 0 rings (SSSR count). The second kappa shape index (κ2) is 3.06. The van der Waals surface area contributed by atoms with Crippen molar-refractivity contribution in [3.8, 4) is 0 Å². The van der Waals surface area contributed by atoms with Gasteiger partial charge in [0, 0.05) is 5.03 Å². The number of rotatable bonds is 3. The summed E-state index contributed by atoms with van der Waals surface area (Å²) < 4.78 is 0. The Balaban J connectivity index is 4.13. The minimum absolute atomic E-state index is 0.309. The summed E-state index contributed by atoms with van der Waals surface area (Å²) in [6.45, 7) is 6.65. The van der Waals surface area contributed by atoms with E-state index in [4.69, 9.17) is 16.7 Å². The fourth-order valence-electron chi connectivity index (χ4n) is 0.555. The van der Waals surface area contributed by atoms with Gasteiger partial charge in [-0.1, -0.05) is 18.2 Å². The fraction of sp³-hybridized carbons (Fsp3) is 0.571. The van der Waals surface area contributed by atoms with E-state index in [1.165, 1.54) is 0 Å². The van der Waals surface area contributed by atoms with Gasteiger partial charge in [0.05, 0.1) is 5.41 Å². The lowest BCUT2D eigenvalue weighted by atomic mass is 9.90. The molecule has 0 unspecified atom stereocenters. The Bertz CT molecular complexity index is 161.